The number of hydrogen-bond acceptors (Lipinski definition) is 7. The van der Waals surface area contributed by atoms with Crippen LogP contribution >= 0.6 is 0 Å². The molecule has 3 aliphatic rings. The highest BCUT2D eigenvalue weighted by Crippen LogP contribution is 2.39. The lowest BCUT2D eigenvalue weighted by Gasteiger charge is -2.44. The Kier molecular flexibility index (Phi) is 7.84. The first-order valence-electron chi connectivity index (χ1n) is 14.9. The fourth-order valence-corrected chi connectivity index (χ4v) is 6.04. The van der Waals surface area contributed by atoms with E-state index in [9.17, 15) is 24.3 Å². The number of amides is 3. The standard InChI is InChI=1S/C30H42N6O6/c1-19(2)18-34-25-20(17-31-36(25)27(40)23(26(34)39)24(38)32-21-8-9-21)7-10-22(37)35-14-6-11-30(35)12-15-33(16-13-30)28(41)42-29(3,4)5/h7,10,17,19,21,39H,6,8-9,11-16,18H2,1-5H3,(H,32,38)/b10-7+. The SMILES string of the molecule is CC(C)Cn1c(O)c(C(=O)NC2CC2)c(=O)n2ncc(/C=C/C(=O)N3CCCC34CCN(C(=O)OC(C)(C)C)CC4)c12. The van der Waals surface area contributed by atoms with Gasteiger partial charge in [-0.15, -0.1) is 0 Å². The van der Waals surface area contributed by atoms with Gasteiger partial charge in [-0.05, 0) is 71.3 Å². The Bertz CT molecular complexity index is 1470. The maximum absolute atomic E-state index is 13.5. The minimum Gasteiger partial charge on any atom is -0.494 e. The summed E-state index contributed by atoms with van der Waals surface area (Å²) < 4.78 is 8.18. The van der Waals surface area contributed by atoms with E-state index in [0.717, 1.165) is 30.2 Å². The summed E-state index contributed by atoms with van der Waals surface area (Å²) in [7, 11) is 0. The molecule has 4 heterocycles. The van der Waals surface area contributed by atoms with Gasteiger partial charge in [0.05, 0.1) is 6.20 Å². The normalized spacial score (nSPS) is 18.9. The van der Waals surface area contributed by atoms with Gasteiger partial charge in [-0.25, -0.2) is 4.79 Å². The average Bonchev–Trinajstić information content (AvgIpc) is 3.46. The van der Waals surface area contributed by atoms with Gasteiger partial charge in [-0.3, -0.25) is 19.0 Å². The summed E-state index contributed by atoms with van der Waals surface area (Å²) in [6.45, 7) is 11.5. The van der Waals surface area contributed by atoms with Gasteiger partial charge < -0.3 is 25.0 Å². The Balaban J connectivity index is 1.38. The van der Waals surface area contributed by atoms with E-state index >= 15 is 0 Å². The van der Waals surface area contributed by atoms with Gasteiger partial charge in [0.25, 0.3) is 11.5 Å². The molecular formula is C30H42N6O6. The second kappa shape index (κ2) is 11.1. The number of nitrogens with zero attached hydrogens (tertiary/aromatic N) is 5. The number of ether oxygens (including phenoxy) is 1. The van der Waals surface area contributed by atoms with E-state index in [1.54, 1.807) is 11.0 Å². The van der Waals surface area contributed by atoms with Gasteiger partial charge >= 0.3 is 6.09 Å². The molecule has 12 nitrogen and oxygen atoms in total. The Hall–Kier alpha value is -3.83. The quantitative estimate of drug-likeness (QED) is 0.499. The van der Waals surface area contributed by atoms with Crippen molar-refractivity contribution < 1.29 is 24.2 Å². The van der Waals surface area contributed by atoms with Crippen molar-refractivity contribution in [2.24, 2.45) is 5.92 Å². The molecule has 5 rings (SSSR count). The highest BCUT2D eigenvalue weighted by atomic mass is 16.6. The number of aromatic nitrogens is 3. The van der Waals surface area contributed by atoms with Crippen LogP contribution in [0.5, 0.6) is 5.88 Å². The van der Waals surface area contributed by atoms with Crippen molar-refractivity contribution >= 4 is 29.6 Å². The van der Waals surface area contributed by atoms with Crippen molar-refractivity contribution in [1.29, 1.82) is 0 Å². The van der Waals surface area contributed by atoms with Gasteiger partial charge in [0, 0.05) is 49.4 Å². The lowest BCUT2D eigenvalue weighted by molar-refractivity contribution is -0.131. The number of hydrogen-bond donors (Lipinski definition) is 2. The Labute approximate surface area is 245 Å². The minimum absolute atomic E-state index is 0.0195. The van der Waals surface area contributed by atoms with Crippen LogP contribution in [0.15, 0.2) is 17.1 Å². The van der Waals surface area contributed by atoms with Crippen LogP contribution in [0.25, 0.3) is 11.7 Å². The Morgan fingerprint density at radius 1 is 1.17 bits per heavy atom. The molecular weight excluding hydrogens is 540 g/mol. The molecule has 12 heteroatoms. The van der Waals surface area contributed by atoms with Crippen LogP contribution in [0, 0.1) is 5.92 Å². The third-order valence-electron chi connectivity index (χ3n) is 8.21. The highest BCUT2D eigenvalue weighted by molar-refractivity contribution is 5.97. The summed E-state index contributed by atoms with van der Waals surface area (Å²) in [5.41, 5.74) is -1.11. The van der Waals surface area contributed by atoms with Gasteiger partial charge in [0.1, 0.15) is 11.2 Å². The van der Waals surface area contributed by atoms with Gasteiger partial charge in [0.15, 0.2) is 5.56 Å². The topological polar surface area (TPSA) is 138 Å². The minimum atomic E-state index is -0.707. The van der Waals surface area contributed by atoms with Crippen LogP contribution in [-0.4, -0.2) is 83.8 Å². The van der Waals surface area contributed by atoms with Crippen LogP contribution in [0.4, 0.5) is 4.79 Å². The van der Waals surface area contributed by atoms with E-state index in [-0.39, 0.29) is 35.1 Å². The lowest BCUT2D eigenvalue weighted by Crippen LogP contribution is -2.55. The number of carbonyl (C=O) groups excluding carboxylic acids is 3. The maximum atomic E-state index is 13.5. The molecule has 2 aromatic heterocycles. The number of likely N-dealkylation sites (tertiary alicyclic amines) is 2. The molecule has 2 aliphatic heterocycles. The molecule has 0 unspecified atom stereocenters. The third kappa shape index (κ3) is 5.89. The number of carbonyl (C=O) groups is 3. The molecule has 2 saturated heterocycles. The summed E-state index contributed by atoms with van der Waals surface area (Å²) in [4.78, 5) is 55.8. The predicted molar refractivity (Wildman–Crippen MR) is 156 cm³/mol. The van der Waals surface area contributed by atoms with E-state index in [1.807, 2.05) is 39.5 Å². The fraction of sp³-hybridized carbons (Fsp3) is 0.633. The van der Waals surface area contributed by atoms with E-state index in [1.165, 1.54) is 16.8 Å². The summed E-state index contributed by atoms with van der Waals surface area (Å²) in [5.74, 6) is -1.08. The first-order valence-corrected chi connectivity index (χ1v) is 14.9. The van der Waals surface area contributed by atoms with Crippen LogP contribution in [0.3, 0.4) is 0 Å². The summed E-state index contributed by atoms with van der Waals surface area (Å²) in [5, 5.41) is 18.1. The number of fused-ring (bicyclic) bond motifs is 1. The van der Waals surface area contributed by atoms with Crippen molar-refractivity contribution in [3.8, 4) is 5.88 Å². The molecule has 0 radical (unpaired) electrons. The number of piperidine rings is 1. The monoisotopic (exact) mass is 582 g/mol. The van der Waals surface area contributed by atoms with E-state index in [2.05, 4.69) is 10.4 Å². The number of rotatable bonds is 6. The summed E-state index contributed by atoms with van der Waals surface area (Å²) >= 11 is 0. The molecule has 228 valence electrons. The van der Waals surface area contributed by atoms with Crippen LogP contribution in [0.1, 0.15) is 89.1 Å². The molecule has 1 saturated carbocycles. The maximum Gasteiger partial charge on any atom is 0.410 e. The van der Waals surface area contributed by atoms with Crippen molar-refractivity contribution in [2.75, 3.05) is 19.6 Å². The molecule has 42 heavy (non-hydrogen) atoms. The van der Waals surface area contributed by atoms with Gasteiger partial charge in [-0.1, -0.05) is 13.8 Å². The second-order valence-electron chi connectivity index (χ2n) is 13.2. The second-order valence-corrected chi connectivity index (χ2v) is 13.2. The Morgan fingerprint density at radius 2 is 1.86 bits per heavy atom. The molecule has 1 aliphatic carbocycles. The number of nitrogens with one attached hydrogen (secondary N) is 1. The molecule has 2 N–H and O–H groups in total. The number of aromatic hydroxyl groups is 1. The average molecular weight is 583 g/mol. The van der Waals surface area contributed by atoms with Crippen LogP contribution in [-0.2, 0) is 16.1 Å². The van der Waals surface area contributed by atoms with E-state index in [4.69, 9.17) is 4.74 Å². The first-order chi connectivity index (χ1) is 19.8. The first kappa shape index (κ1) is 29.7. The summed E-state index contributed by atoms with van der Waals surface area (Å²) in [6.07, 6.45) is 9.05. The molecule has 0 aromatic carbocycles. The zero-order valence-corrected chi connectivity index (χ0v) is 25.2. The zero-order chi connectivity index (χ0) is 30.4. The Morgan fingerprint density at radius 3 is 2.48 bits per heavy atom. The molecule has 3 amide bonds. The van der Waals surface area contributed by atoms with E-state index in [0.29, 0.717) is 50.2 Å². The molecule has 2 aromatic rings. The molecule has 3 fully saturated rings. The molecule has 0 bridgehead atoms. The summed E-state index contributed by atoms with van der Waals surface area (Å²) in [6, 6.07) is 0.0195. The highest BCUT2D eigenvalue weighted by Gasteiger charge is 2.46. The lowest BCUT2D eigenvalue weighted by atomic mass is 9.85. The van der Waals surface area contributed by atoms with Crippen LogP contribution < -0.4 is 10.9 Å². The fourth-order valence-electron chi connectivity index (χ4n) is 6.04. The van der Waals surface area contributed by atoms with Crippen molar-refractivity contribution in [3.05, 3.63) is 33.8 Å². The third-order valence-corrected chi connectivity index (χ3v) is 8.21. The smallest absolute Gasteiger partial charge is 0.410 e. The van der Waals surface area contributed by atoms with Crippen molar-refractivity contribution in [2.45, 2.75) is 96.9 Å². The van der Waals surface area contributed by atoms with Crippen LogP contribution in [0.2, 0.25) is 0 Å². The largest absolute Gasteiger partial charge is 0.494 e. The molecule has 1 spiro atoms. The predicted octanol–water partition coefficient (Wildman–Crippen LogP) is 3.16. The van der Waals surface area contributed by atoms with Crippen molar-refractivity contribution in [3.63, 3.8) is 0 Å². The van der Waals surface area contributed by atoms with Crippen molar-refractivity contribution in [1.82, 2.24) is 29.3 Å². The van der Waals surface area contributed by atoms with Gasteiger partial charge in [0.2, 0.25) is 11.8 Å². The molecule has 0 atom stereocenters. The van der Waals surface area contributed by atoms with Gasteiger partial charge in [-0.2, -0.15) is 9.61 Å². The van der Waals surface area contributed by atoms with E-state index < -0.39 is 22.9 Å². The zero-order valence-electron chi connectivity index (χ0n) is 25.2.